The van der Waals surface area contributed by atoms with Gasteiger partial charge in [0.2, 0.25) is 5.91 Å². The molecule has 1 N–H and O–H groups in total. The standard InChI is InChI=1S/C8H11NO2/c10-7-1-2-8(9-7)3-5-11-6-4-8/h1-2H,3-6H2,(H,9,10). The van der Waals surface area contributed by atoms with Gasteiger partial charge in [0.05, 0.1) is 5.54 Å². The summed E-state index contributed by atoms with van der Waals surface area (Å²) < 4.78 is 5.21. The summed E-state index contributed by atoms with van der Waals surface area (Å²) in [5, 5.41) is 2.94. The van der Waals surface area contributed by atoms with Crippen molar-refractivity contribution in [1.29, 1.82) is 0 Å². The Balaban J connectivity index is 2.10. The maximum Gasteiger partial charge on any atom is 0.244 e. The molecule has 0 aliphatic carbocycles. The number of carbonyl (C=O) groups excluding carboxylic acids is 1. The minimum atomic E-state index is -0.0602. The Kier molecular flexibility index (Phi) is 1.46. The zero-order valence-electron chi connectivity index (χ0n) is 6.30. The molecule has 3 heteroatoms. The fourth-order valence-corrected chi connectivity index (χ4v) is 1.59. The first-order chi connectivity index (χ1) is 5.31. The maximum atomic E-state index is 10.9. The molecule has 1 amide bonds. The van der Waals surface area contributed by atoms with E-state index in [0.717, 1.165) is 26.1 Å². The third-order valence-corrected chi connectivity index (χ3v) is 2.31. The molecule has 0 atom stereocenters. The topological polar surface area (TPSA) is 38.3 Å². The van der Waals surface area contributed by atoms with Crippen LogP contribution in [0.25, 0.3) is 0 Å². The number of amides is 1. The lowest BCUT2D eigenvalue weighted by Crippen LogP contribution is -2.46. The highest BCUT2D eigenvalue weighted by molar-refractivity contribution is 5.91. The van der Waals surface area contributed by atoms with Crippen molar-refractivity contribution in [2.24, 2.45) is 0 Å². The van der Waals surface area contributed by atoms with Gasteiger partial charge in [-0.25, -0.2) is 0 Å². The highest BCUT2D eigenvalue weighted by Crippen LogP contribution is 2.24. The highest BCUT2D eigenvalue weighted by Gasteiger charge is 2.34. The van der Waals surface area contributed by atoms with Crippen LogP contribution in [0.3, 0.4) is 0 Å². The van der Waals surface area contributed by atoms with Crippen LogP contribution >= 0.6 is 0 Å². The number of nitrogens with one attached hydrogen (secondary N) is 1. The van der Waals surface area contributed by atoms with E-state index in [1.165, 1.54) is 0 Å². The van der Waals surface area contributed by atoms with Crippen molar-refractivity contribution in [2.75, 3.05) is 13.2 Å². The molecule has 1 saturated heterocycles. The van der Waals surface area contributed by atoms with Crippen LogP contribution in [0.5, 0.6) is 0 Å². The summed E-state index contributed by atoms with van der Waals surface area (Å²) in [6.45, 7) is 1.51. The van der Waals surface area contributed by atoms with Crippen LogP contribution in [0, 0.1) is 0 Å². The van der Waals surface area contributed by atoms with Crippen LogP contribution < -0.4 is 5.32 Å². The molecule has 0 bridgehead atoms. The first-order valence-corrected chi connectivity index (χ1v) is 3.90. The van der Waals surface area contributed by atoms with Crippen molar-refractivity contribution in [3.05, 3.63) is 12.2 Å². The molecule has 2 aliphatic rings. The summed E-state index contributed by atoms with van der Waals surface area (Å²) >= 11 is 0. The number of carbonyl (C=O) groups is 1. The number of hydrogen-bond donors (Lipinski definition) is 1. The normalized spacial score (nSPS) is 27.5. The van der Waals surface area contributed by atoms with Gasteiger partial charge in [-0.05, 0) is 12.8 Å². The average Bonchev–Trinajstić information content (AvgIpc) is 2.34. The van der Waals surface area contributed by atoms with E-state index in [4.69, 9.17) is 4.74 Å². The first-order valence-electron chi connectivity index (χ1n) is 3.90. The predicted octanol–water partition coefficient (Wildman–Crippen LogP) is 0.222. The molecular formula is C8H11NO2. The lowest BCUT2D eigenvalue weighted by Gasteiger charge is -2.31. The van der Waals surface area contributed by atoms with Crippen LogP contribution in [-0.2, 0) is 9.53 Å². The Bertz CT molecular complexity index is 204. The molecule has 0 saturated carbocycles. The van der Waals surface area contributed by atoms with E-state index in [2.05, 4.69) is 5.32 Å². The van der Waals surface area contributed by atoms with E-state index in [0.29, 0.717) is 0 Å². The molecule has 1 spiro atoms. The minimum absolute atomic E-state index is 0.0342. The Morgan fingerprint density at radius 1 is 1.45 bits per heavy atom. The van der Waals surface area contributed by atoms with Gasteiger partial charge in [0, 0.05) is 19.3 Å². The fourth-order valence-electron chi connectivity index (χ4n) is 1.59. The van der Waals surface area contributed by atoms with E-state index >= 15 is 0 Å². The van der Waals surface area contributed by atoms with E-state index in [9.17, 15) is 4.79 Å². The van der Waals surface area contributed by atoms with Gasteiger partial charge < -0.3 is 10.1 Å². The SMILES string of the molecule is O=C1C=CC2(CCOCC2)N1. The lowest BCUT2D eigenvalue weighted by molar-refractivity contribution is -0.117. The van der Waals surface area contributed by atoms with Gasteiger partial charge in [0.1, 0.15) is 0 Å². The Morgan fingerprint density at radius 3 is 2.73 bits per heavy atom. The molecule has 0 unspecified atom stereocenters. The van der Waals surface area contributed by atoms with E-state index in [1.54, 1.807) is 6.08 Å². The molecule has 1 fully saturated rings. The van der Waals surface area contributed by atoms with Gasteiger partial charge in [-0.2, -0.15) is 0 Å². The van der Waals surface area contributed by atoms with Gasteiger partial charge in [0.15, 0.2) is 0 Å². The van der Waals surface area contributed by atoms with Crippen LogP contribution in [0.15, 0.2) is 12.2 Å². The van der Waals surface area contributed by atoms with Crippen molar-refractivity contribution < 1.29 is 9.53 Å². The summed E-state index contributed by atoms with van der Waals surface area (Å²) in [6, 6.07) is 0. The zero-order valence-corrected chi connectivity index (χ0v) is 6.30. The fraction of sp³-hybridized carbons (Fsp3) is 0.625. The van der Waals surface area contributed by atoms with E-state index in [-0.39, 0.29) is 11.4 Å². The molecule has 2 aliphatic heterocycles. The van der Waals surface area contributed by atoms with Gasteiger partial charge >= 0.3 is 0 Å². The van der Waals surface area contributed by atoms with Crippen LogP contribution in [0.1, 0.15) is 12.8 Å². The van der Waals surface area contributed by atoms with Gasteiger partial charge in [0.25, 0.3) is 0 Å². The van der Waals surface area contributed by atoms with Gasteiger partial charge in [-0.3, -0.25) is 4.79 Å². The summed E-state index contributed by atoms with van der Waals surface area (Å²) in [5.41, 5.74) is -0.0602. The zero-order chi connectivity index (χ0) is 7.73. The molecule has 2 rings (SSSR count). The Morgan fingerprint density at radius 2 is 2.18 bits per heavy atom. The van der Waals surface area contributed by atoms with Crippen LogP contribution in [0.4, 0.5) is 0 Å². The second-order valence-corrected chi connectivity index (χ2v) is 3.09. The van der Waals surface area contributed by atoms with Crippen molar-refractivity contribution in [2.45, 2.75) is 18.4 Å². The number of hydrogen-bond acceptors (Lipinski definition) is 2. The van der Waals surface area contributed by atoms with E-state index in [1.807, 2.05) is 6.08 Å². The molecule has 2 heterocycles. The molecule has 60 valence electrons. The maximum absolute atomic E-state index is 10.9. The van der Waals surface area contributed by atoms with Gasteiger partial charge in [-0.15, -0.1) is 0 Å². The molecule has 0 aromatic rings. The second kappa shape index (κ2) is 2.34. The first kappa shape index (κ1) is 6.85. The second-order valence-electron chi connectivity index (χ2n) is 3.09. The third kappa shape index (κ3) is 1.16. The monoisotopic (exact) mass is 153 g/mol. The summed E-state index contributed by atoms with van der Waals surface area (Å²) in [6.07, 6.45) is 5.41. The molecule has 0 aromatic carbocycles. The average molecular weight is 153 g/mol. The number of rotatable bonds is 0. The van der Waals surface area contributed by atoms with Crippen LogP contribution in [-0.4, -0.2) is 24.7 Å². The van der Waals surface area contributed by atoms with Crippen LogP contribution in [0.2, 0.25) is 0 Å². The molecule has 0 aromatic heterocycles. The third-order valence-electron chi connectivity index (χ3n) is 2.31. The molecule has 11 heavy (non-hydrogen) atoms. The summed E-state index contributed by atoms with van der Waals surface area (Å²) in [4.78, 5) is 10.9. The van der Waals surface area contributed by atoms with Crippen molar-refractivity contribution in [3.8, 4) is 0 Å². The van der Waals surface area contributed by atoms with Crippen molar-refractivity contribution in [1.82, 2.24) is 5.32 Å². The summed E-state index contributed by atoms with van der Waals surface area (Å²) in [5.74, 6) is 0.0342. The van der Waals surface area contributed by atoms with Crippen molar-refractivity contribution >= 4 is 5.91 Å². The van der Waals surface area contributed by atoms with E-state index < -0.39 is 0 Å². The highest BCUT2D eigenvalue weighted by atomic mass is 16.5. The molecular weight excluding hydrogens is 142 g/mol. The van der Waals surface area contributed by atoms with Gasteiger partial charge in [-0.1, -0.05) is 6.08 Å². The quantitative estimate of drug-likeness (QED) is 0.540. The lowest BCUT2D eigenvalue weighted by atomic mass is 9.92. The molecule has 0 radical (unpaired) electrons. The Labute approximate surface area is 65.4 Å². The number of ether oxygens (including phenoxy) is 1. The predicted molar refractivity (Wildman–Crippen MR) is 40.1 cm³/mol. The van der Waals surface area contributed by atoms with Crippen molar-refractivity contribution in [3.63, 3.8) is 0 Å². The smallest absolute Gasteiger partial charge is 0.244 e. The minimum Gasteiger partial charge on any atom is -0.381 e. The molecule has 3 nitrogen and oxygen atoms in total. The largest absolute Gasteiger partial charge is 0.381 e. The Hall–Kier alpha value is -0.830. The summed E-state index contributed by atoms with van der Waals surface area (Å²) in [7, 11) is 0.